The summed E-state index contributed by atoms with van der Waals surface area (Å²) in [5, 5.41) is 21.6. The summed E-state index contributed by atoms with van der Waals surface area (Å²) in [5.41, 5.74) is 0.714. The Balaban J connectivity index is 1.85. The molecule has 9 heteroatoms. The Bertz CT molecular complexity index is 1300. The number of aliphatic hydroxyl groups is 1. The number of unbranched alkanes of at least 4 members (excludes halogenated alkanes) is 1. The third-order valence-corrected chi connectivity index (χ3v) is 6.51. The fourth-order valence-corrected chi connectivity index (χ4v) is 4.55. The smallest absolute Gasteiger partial charge is 0.296 e. The van der Waals surface area contributed by atoms with Crippen LogP contribution < -0.4 is 9.47 Å². The van der Waals surface area contributed by atoms with E-state index in [0.717, 1.165) is 12.8 Å². The molecule has 0 bridgehead atoms. The van der Waals surface area contributed by atoms with Crippen LogP contribution in [0.25, 0.3) is 5.76 Å². The number of aliphatic hydroxyl groups excluding tert-OH is 1. The molecule has 1 unspecified atom stereocenters. The second-order valence-corrected chi connectivity index (χ2v) is 9.14. The lowest BCUT2D eigenvalue weighted by Gasteiger charge is -2.25. The van der Waals surface area contributed by atoms with E-state index < -0.39 is 17.7 Å². The maximum Gasteiger partial charge on any atom is 0.296 e. The molecule has 2 N–H and O–H groups in total. The van der Waals surface area contributed by atoms with E-state index in [0.29, 0.717) is 33.7 Å². The summed E-state index contributed by atoms with van der Waals surface area (Å²) in [7, 11) is 1.40. The first kappa shape index (κ1) is 25.4. The summed E-state index contributed by atoms with van der Waals surface area (Å²) >= 11 is 3.30. The maximum absolute atomic E-state index is 13.3. The lowest BCUT2D eigenvalue weighted by atomic mass is 9.95. The number of rotatable bonds is 9. The predicted molar refractivity (Wildman–Crippen MR) is 136 cm³/mol. The molecule has 0 spiro atoms. The lowest BCUT2D eigenvalue weighted by molar-refractivity contribution is -0.140. The van der Waals surface area contributed by atoms with Crippen molar-refractivity contribution in [2.24, 2.45) is 0 Å². The van der Waals surface area contributed by atoms with Crippen molar-refractivity contribution in [2.45, 2.75) is 32.4 Å². The molecule has 0 radical (unpaired) electrons. The number of furan rings is 1. The largest absolute Gasteiger partial charge is 0.507 e. The van der Waals surface area contributed by atoms with Gasteiger partial charge in [-0.1, -0.05) is 25.5 Å². The van der Waals surface area contributed by atoms with Crippen molar-refractivity contribution in [1.29, 1.82) is 0 Å². The highest BCUT2D eigenvalue weighted by molar-refractivity contribution is 9.10. The molecule has 1 aliphatic heterocycles. The number of amides is 1. The standard InChI is InChI=1S/C27H26BrNO7/c1-3-4-10-35-18-8-5-7-16(12-18)24(30)22-23(17-13-20(28)25(31)21(14-17)34-2)29(27(33)26(22)32)15-19-9-6-11-36-19/h5-9,11-14,23,30-31H,3-4,10,15H2,1-2H3/b24-22+. The Morgan fingerprint density at radius 2 is 1.97 bits per heavy atom. The van der Waals surface area contributed by atoms with E-state index in [9.17, 15) is 19.8 Å². The molecule has 0 saturated carbocycles. The SMILES string of the molecule is CCCCOc1cccc(/C(O)=C2\C(=O)C(=O)N(Cc3ccco3)C2c2cc(Br)c(O)c(OC)c2)c1. The third kappa shape index (κ3) is 4.97. The zero-order valence-electron chi connectivity index (χ0n) is 19.9. The first-order chi connectivity index (χ1) is 17.3. The number of nitrogens with zero attached hydrogens (tertiary/aromatic N) is 1. The molecule has 2 heterocycles. The first-order valence-electron chi connectivity index (χ1n) is 11.5. The molecule has 4 rings (SSSR count). The lowest BCUT2D eigenvalue weighted by Crippen LogP contribution is -2.29. The first-order valence-corrected chi connectivity index (χ1v) is 12.2. The monoisotopic (exact) mass is 555 g/mol. The normalized spacial score (nSPS) is 17.0. The molecule has 36 heavy (non-hydrogen) atoms. The number of phenolic OH excluding ortho intramolecular Hbond substituents is 1. The summed E-state index contributed by atoms with van der Waals surface area (Å²) in [6.07, 6.45) is 3.33. The number of hydrogen-bond donors (Lipinski definition) is 2. The van der Waals surface area contributed by atoms with Gasteiger partial charge in [0.25, 0.3) is 11.7 Å². The highest BCUT2D eigenvalue weighted by Gasteiger charge is 2.46. The van der Waals surface area contributed by atoms with Crippen LogP contribution in [0, 0.1) is 0 Å². The van der Waals surface area contributed by atoms with Gasteiger partial charge in [0.1, 0.15) is 17.3 Å². The van der Waals surface area contributed by atoms with Gasteiger partial charge < -0.3 is 29.0 Å². The molecule has 8 nitrogen and oxygen atoms in total. The summed E-state index contributed by atoms with van der Waals surface area (Å²) in [5.74, 6) is -0.901. The van der Waals surface area contributed by atoms with Gasteiger partial charge in [0, 0.05) is 5.56 Å². The number of aromatic hydroxyl groups is 1. The zero-order chi connectivity index (χ0) is 25.8. The fourth-order valence-electron chi connectivity index (χ4n) is 4.09. The fraction of sp³-hybridized carbons (Fsp3) is 0.259. The predicted octanol–water partition coefficient (Wildman–Crippen LogP) is 5.56. The van der Waals surface area contributed by atoms with Crippen LogP contribution in [-0.4, -0.2) is 40.5 Å². The van der Waals surface area contributed by atoms with Gasteiger partial charge in [0.15, 0.2) is 11.5 Å². The van der Waals surface area contributed by atoms with Crippen LogP contribution in [0.5, 0.6) is 17.2 Å². The molecular formula is C27H26BrNO7. The van der Waals surface area contributed by atoms with Crippen LogP contribution in [0.3, 0.4) is 0 Å². The molecule has 1 aromatic heterocycles. The van der Waals surface area contributed by atoms with Gasteiger partial charge in [0.2, 0.25) is 0 Å². The molecule has 3 aromatic rings. The molecule has 1 aliphatic rings. The Labute approximate surface area is 216 Å². The number of likely N-dealkylation sites (tertiary alicyclic amines) is 1. The molecule has 2 aromatic carbocycles. The van der Waals surface area contributed by atoms with Gasteiger partial charge in [-0.15, -0.1) is 0 Å². The second-order valence-electron chi connectivity index (χ2n) is 8.29. The summed E-state index contributed by atoms with van der Waals surface area (Å²) in [6, 6.07) is 12.3. The van der Waals surface area contributed by atoms with E-state index in [1.165, 1.54) is 24.3 Å². The van der Waals surface area contributed by atoms with Gasteiger partial charge >= 0.3 is 0 Å². The molecule has 1 fully saturated rings. The number of carbonyl (C=O) groups is 2. The van der Waals surface area contributed by atoms with Crippen LogP contribution in [-0.2, 0) is 16.1 Å². The van der Waals surface area contributed by atoms with Crippen molar-refractivity contribution in [1.82, 2.24) is 4.90 Å². The third-order valence-electron chi connectivity index (χ3n) is 5.91. The molecule has 188 valence electrons. The van der Waals surface area contributed by atoms with Crippen LogP contribution in [0.4, 0.5) is 0 Å². The Morgan fingerprint density at radius 3 is 2.67 bits per heavy atom. The van der Waals surface area contributed by atoms with E-state index in [4.69, 9.17) is 13.9 Å². The van der Waals surface area contributed by atoms with Crippen LogP contribution in [0.2, 0.25) is 0 Å². The quantitative estimate of drug-likeness (QED) is 0.154. The molecule has 1 atom stereocenters. The number of methoxy groups -OCH3 is 1. The van der Waals surface area contributed by atoms with Gasteiger partial charge in [-0.3, -0.25) is 9.59 Å². The van der Waals surface area contributed by atoms with Gasteiger partial charge in [-0.2, -0.15) is 0 Å². The van der Waals surface area contributed by atoms with Crippen molar-refractivity contribution in [3.05, 3.63) is 81.7 Å². The Kier molecular flexibility index (Phi) is 7.69. The van der Waals surface area contributed by atoms with E-state index in [-0.39, 0.29) is 29.4 Å². The molecule has 0 aliphatic carbocycles. The van der Waals surface area contributed by atoms with Crippen molar-refractivity contribution in [2.75, 3.05) is 13.7 Å². The highest BCUT2D eigenvalue weighted by Crippen LogP contribution is 2.45. The van der Waals surface area contributed by atoms with Crippen LogP contribution in [0.15, 0.2) is 69.3 Å². The van der Waals surface area contributed by atoms with Crippen molar-refractivity contribution in [3.8, 4) is 17.2 Å². The number of ether oxygens (including phenoxy) is 2. The van der Waals surface area contributed by atoms with E-state index >= 15 is 0 Å². The summed E-state index contributed by atoms with van der Waals surface area (Å²) in [4.78, 5) is 27.8. The average molecular weight is 556 g/mol. The molecular weight excluding hydrogens is 530 g/mol. The summed E-state index contributed by atoms with van der Waals surface area (Å²) in [6.45, 7) is 2.58. The Hall–Kier alpha value is -3.72. The van der Waals surface area contributed by atoms with Gasteiger partial charge in [-0.05, 0) is 64.3 Å². The van der Waals surface area contributed by atoms with Crippen molar-refractivity contribution >= 4 is 33.4 Å². The summed E-state index contributed by atoms with van der Waals surface area (Å²) < 4.78 is 16.8. The number of benzene rings is 2. The van der Waals surface area contributed by atoms with Crippen LogP contribution in [0.1, 0.15) is 42.7 Å². The van der Waals surface area contributed by atoms with Crippen molar-refractivity contribution in [3.63, 3.8) is 0 Å². The van der Waals surface area contributed by atoms with E-state index in [1.54, 1.807) is 42.5 Å². The molecule has 1 amide bonds. The minimum atomic E-state index is -0.967. The number of carbonyl (C=O) groups excluding carboxylic acids is 2. The Morgan fingerprint density at radius 1 is 1.17 bits per heavy atom. The van der Waals surface area contributed by atoms with Crippen LogP contribution >= 0.6 is 15.9 Å². The number of ketones is 1. The number of phenols is 1. The topological polar surface area (TPSA) is 109 Å². The van der Waals surface area contributed by atoms with E-state index in [2.05, 4.69) is 22.9 Å². The number of halogens is 1. The van der Waals surface area contributed by atoms with Gasteiger partial charge in [0.05, 0.1) is 42.6 Å². The van der Waals surface area contributed by atoms with Crippen molar-refractivity contribution < 1.29 is 33.7 Å². The zero-order valence-corrected chi connectivity index (χ0v) is 21.4. The second kappa shape index (κ2) is 10.9. The average Bonchev–Trinajstić information content (AvgIpc) is 3.48. The number of Topliss-reactive ketones (excluding diaryl/α,β-unsaturated/α-hetero) is 1. The van der Waals surface area contributed by atoms with E-state index in [1.807, 2.05) is 0 Å². The highest BCUT2D eigenvalue weighted by atomic mass is 79.9. The van der Waals surface area contributed by atoms with Gasteiger partial charge in [-0.25, -0.2) is 0 Å². The maximum atomic E-state index is 13.3. The minimum Gasteiger partial charge on any atom is -0.507 e. The number of hydrogen-bond acceptors (Lipinski definition) is 7. The minimum absolute atomic E-state index is 0.000000499. The molecule has 1 saturated heterocycles.